The largest absolute Gasteiger partial charge is 0.490 e. The van der Waals surface area contributed by atoms with Gasteiger partial charge in [-0.2, -0.15) is 0 Å². The van der Waals surface area contributed by atoms with E-state index < -0.39 is 0 Å². The van der Waals surface area contributed by atoms with Gasteiger partial charge in [0.05, 0.1) is 0 Å². The fourth-order valence-electron chi connectivity index (χ4n) is 2.77. The van der Waals surface area contributed by atoms with Crippen LogP contribution in [0.5, 0.6) is 5.75 Å². The molecule has 1 fully saturated rings. The highest BCUT2D eigenvalue weighted by Crippen LogP contribution is 2.28. The first-order chi connectivity index (χ1) is 9.51. The van der Waals surface area contributed by atoms with Crippen molar-refractivity contribution in [3.05, 3.63) is 42.5 Å². The van der Waals surface area contributed by atoms with Crippen LogP contribution < -0.4 is 10.5 Å². The monoisotopic (exact) mass is 310 g/mol. The van der Waals surface area contributed by atoms with Crippen molar-refractivity contribution in [1.82, 2.24) is 4.90 Å². The maximum atomic E-state index is 6.19. The van der Waals surface area contributed by atoms with Crippen molar-refractivity contribution in [2.75, 3.05) is 19.7 Å². The van der Waals surface area contributed by atoms with Gasteiger partial charge in [-0.05, 0) is 29.5 Å². The lowest BCUT2D eigenvalue weighted by Gasteiger charge is -2.42. The summed E-state index contributed by atoms with van der Waals surface area (Å²) in [6.07, 6.45) is 2.83. The number of likely N-dealkylation sites (tertiary alicyclic amines) is 1. The summed E-state index contributed by atoms with van der Waals surface area (Å²) in [5.74, 6) is 0.912. The minimum absolute atomic E-state index is 0. The summed E-state index contributed by atoms with van der Waals surface area (Å²) in [6.45, 7) is 11.8. The Hall–Kier alpha value is -1.03. The van der Waals surface area contributed by atoms with Crippen LogP contribution in [0.2, 0.25) is 0 Å². The molecule has 1 aliphatic heterocycles. The van der Waals surface area contributed by atoms with E-state index in [-0.39, 0.29) is 17.8 Å². The Morgan fingerprint density at radius 3 is 2.90 bits per heavy atom. The molecule has 1 aliphatic rings. The zero-order valence-electron chi connectivity index (χ0n) is 13.0. The van der Waals surface area contributed by atoms with E-state index in [0.29, 0.717) is 12.6 Å². The molecule has 0 radical (unpaired) electrons. The highest BCUT2D eigenvalue weighted by molar-refractivity contribution is 5.85. The third-order valence-corrected chi connectivity index (χ3v) is 4.06. The molecular formula is C17H27ClN2O. The predicted molar refractivity (Wildman–Crippen MR) is 91.0 cm³/mol. The van der Waals surface area contributed by atoms with Gasteiger partial charge in [0.2, 0.25) is 0 Å². The van der Waals surface area contributed by atoms with E-state index in [1.54, 1.807) is 6.08 Å². The maximum absolute atomic E-state index is 6.19. The van der Waals surface area contributed by atoms with Crippen LogP contribution in [-0.4, -0.2) is 30.6 Å². The minimum atomic E-state index is 0. The standard InChI is InChI=1S/C17H26N2O.ClH/c1-4-10-20-15-7-5-6-14(11-15)12-19-9-8-16(18)17(2,3)13-19;/h4-7,11,16H,1,8-10,12-13,18H2,2-3H3;1H. The summed E-state index contributed by atoms with van der Waals surface area (Å²) in [7, 11) is 0. The van der Waals surface area contributed by atoms with E-state index in [1.807, 2.05) is 6.07 Å². The second-order valence-electron chi connectivity index (χ2n) is 6.34. The molecule has 0 amide bonds. The number of benzene rings is 1. The Bertz CT molecular complexity index is 462. The van der Waals surface area contributed by atoms with Crippen LogP contribution in [0.1, 0.15) is 25.8 Å². The van der Waals surface area contributed by atoms with Gasteiger partial charge in [-0.1, -0.05) is 38.6 Å². The quantitative estimate of drug-likeness (QED) is 0.849. The number of nitrogens with zero attached hydrogens (tertiary/aromatic N) is 1. The molecule has 2 rings (SSSR count). The lowest BCUT2D eigenvalue weighted by Crippen LogP contribution is -2.52. The summed E-state index contributed by atoms with van der Waals surface area (Å²) < 4.78 is 5.59. The molecule has 0 aromatic heterocycles. The van der Waals surface area contributed by atoms with Crippen molar-refractivity contribution in [3.63, 3.8) is 0 Å². The molecule has 0 saturated carbocycles. The van der Waals surface area contributed by atoms with Gasteiger partial charge < -0.3 is 10.5 Å². The van der Waals surface area contributed by atoms with Gasteiger partial charge in [0, 0.05) is 25.7 Å². The van der Waals surface area contributed by atoms with Crippen molar-refractivity contribution in [3.8, 4) is 5.75 Å². The molecule has 1 atom stereocenters. The molecule has 21 heavy (non-hydrogen) atoms. The van der Waals surface area contributed by atoms with Crippen LogP contribution in [0.25, 0.3) is 0 Å². The number of piperidine rings is 1. The van der Waals surface area contributed by atoms with Crippen LogP contribution in [0.3, 0.4) is 0 Å². The second kappa shape index (κ2) is 7.83. The topological polar surface area (TPSA) is 38.5 Å². The first-order valence-electron chi connectivity index (χ1n) is 7.32. The fourth-order valence-corrected chi connectivity index (χ4v) is 2.77. The number of nitrogens with two attached hydrogens (primary N) is 1. The molecule has 3 nitrogen and oxygen atoms in total. The van der Waals surface area contributed by atoms with Crippen molar-refractivity contribution in [1.29, 1.82) is 0 Å². The van der Waals surface area contributed by atoms with Crippen LogP contribution in [0.4, 0.5) is 0 Å². The zero-order chi connectivity index (χ0) is 14.6. The Morgan fingerprint density at radius 1 is 1.48 bits per heavy atom. The fraction of sp³-hybridized carbons (Fsp3) is 0.529. The van der Waals surface area contributed by atoms with Crippen molar-refractivity contribution >= 4 is 12.4 Å². The summed E-state index contributed by atoms with van der Waals surface area (Å²) >= 11 is 0. The van der Waals surface area contributed by atoms with Crippen molar-refractivity contribution < 1.29 is 4.74 Å². The highest BCUT2D eigenvalue weighted by atomic mass is 35.5. The summed E-state index contributed by atoms with van der Waals surface area (Å²) in [6, 6.07) is 8.62. The maximum Gasteiger partial charge on any atom is 0.120 e. The lowest BCUT2D eigenvalue weighted by molar-refractivity contribution is 0.0898. The molecule has 0 bridgehead atoms. The van der Waals surface area contributed by atoms with Gasteiger partial charge in [0.15, 0.2) is 0 Å². The third-order valence-electron chi connectivity index (χ3n) is 4.06. The molecule has 0 aliphatic carbocycles. The molecule has 1 aromatic rings. The third kappa shape index (κ3) is 5.03. The molecule has 1 saturated heterocycles. The summed E-state index contributed by atoms with van der Waals surface area (Å²) in [5.41, 5.74) is 7.67. The van der Waals surface area contributed by atoms with Crippen LogP contribution in [0, 0.1) is 5.41 Å². The van der Waals surface area contributed by atoms with Gasteiger partial charge in [-0.15, -0.1) is 12.4 Å². The minimum Gasteiger partial charge on any atom is -0.490 e. The van der Waals surface area contributed by atoms with E-state index in [2.05, 4.69) is 43.5 Å². The van der Waals surface area contributed by atoms with Crippen molar-refractivity contribution in [2.24, 2.45) is 11.1 Å². The first kappa shape index (κ1) is 18.0. The van der Waals surface area contributed by atoms with E-state index in [1.165, 1.54) is 5.56 Å². The van der Waals surface area contributed by atoms with Gasteiger partial charge >= 0.3 is 0 Å². The molecule has 1 heterocycles. The first-order valence-corrected chi connectivity index (χ1v) is 7.32. The normalized spacial score (nSPS) is 21.4. The summed E-state index contributed by atoms with van der Waals surface area (Å²) in [5, 5.41) is 0. The van der Waals surface area contributed by atoms with Crippen LogP contribution in [-0.2, 0) is 6.54 Å². The van der Waals surface area contributed by atoms with E-state index >= 15 is 0 Å². The Balaban J connectivity index is 0.00000220. The highest BCUT2D eigenvalue weighted by Gasteiger charge is 2.33. The molecular weight excluding hydrogens is 284 g/mol. The van der Waals surface area contributed by atoms with Crippen LogP contribution in [0.15, 0.2) is 36.9 Å². The van der Waals surface area contributed by atoms with Gasteiger partial charge in [-0.3, -0.25) is 4.90 Å². The van der Waals surface area contributed by atoms with E-state index in [0.717, 1.165) is 31.8 Å². The number of hydrogen-bond acceptors (Lipinski definition) is 3. The lowest BCUT2D eigenvalue weighted by atomic mass is 9.79. The van der Waals surface area contributed by atoms with Gasteiger partial charge in [0.25, 0.3) is 0 Å². The summed E-state index contributed by atoms with van der Waals surface area (Å²) in [4.78, 5) is 2.48. The number of hydrogen-bond donors (Lipinski definition) is 1. The molecule has 1 aromatic carbocycles. The Kier molecular flexibility index (Phi) is 6.72. The average Bonchev–Trinajstić information content (AvgIpc) is 2.41. The van der Waals surface area contributed by atoms with Gasteiger partial charge in [0.1, 0.15) is 12.4 Å². The van der Waals surface area contributed by atoms with E-state index in [4.69, 9.17) is 10.5 Å². The predicted octanol–water partition coefficient (Wildman–Crippen LogP) is 3.23. The number of halogens is 1. The molecule has 0 spiro atoms. The Labute approximate surface area is 134 Å². The molecule has 118 valence electrons. The average molecular weight is 311 g/mol. The van der Waals surface area contributed by atoms with Crippen LogP contribution >= 0.6 is 12.4 Å². The Morgan fingerprint density at radius 2 is 2.24 bits per heavy atom. The van der Waals surface area contributed by atoms with Gasteiger partial charge in [-0.25, -0.2) is 0 Å². The van der Waals surface area contributed by atoms with E-state index in [9.17, 15) is 0 Å². The molecule has 2 N–H and O–H groups in total. The second-order valence-corrected chi connectivity index (χ2v) is 6.34. The number of rotatable bonds is 5. The zero-order valence-corrected chi connectivity index (χ0v) is 13.9. The molecule has 1 unspecified atom stereocenters. The SMILES string of the molecule is C=CCOc1cccc(CN2CCC(N)C(C)(C)C2)c1.Cl. The van der Waals surface area contributed by atoms with Crippen molar-refractivity contribution in [2.45, 2.75) is 32.9 Å². The number of ether oxygens (including phenoxy) is 1. The smallest absolute Gasteiger partial charge is 0.120 e. The molecule has 4 heteroatoms.